The molecule has 24 heavy (non-hydrogen) atoms. The molecule has 0 N–H and O–H groups in total. The van der Waals surface area contributed by atoms with Gasteiger partial charge in [0.1, 0.15) is 5.75 Å². The standard InChI is InChI=1S/C19H16N2O2S/c1-23-15-9-7-13(8-10-15)16-11-17(14-5-3-2-4-6-14)21-18(22)12-24-19(21)20-16/h2-11,17H,12H2,1H3/t17-/m0/s1. The lowest BCUT2D eigenvalue weighted by Gasteiger charge is -2.29. The molecule has 0 aliphatic carbocycles. The van der Waals surface area contributed by atoms with Crippen molar-refractivity contribution < 1.29 is 9.53 Å². The van der Waals surface area contributed by atoms with E-state index >= 15 is 0 Å². The number of nitrogens with zero attached hydrogens (tertiary/aromatic N) is 2. The van der Waals surface area contributed by atoms with Crippen molar-refractivity contribution in [2.75, 3.05) is 12.9 Å². The van der Waals surface area contributed by atoms with Crippen molar-refractivity contribution in [3.63, 3.8) is 0 Å². The first-order chi connectivity index (χ1) is 11.8. The molecule has 0 bridgehead atoms. The number of benzene rings is 2. The van der Waals surface area contributed by atoms with Crippen LogP contribution >= 0.6 is 11.8 Å². The molecule has 4 rings (SSSR count). The van der Waals surface area contributed by atoms with Gasteiger partial charge in [-0.3, -0.25) is 9.69 Å². The first-order valence-corrected chi connectivity index (χ1v) is 8.69. The first kappa shape index (κ1) is 15.0. The van der Waals surface area contributed by atoms with E-state index in [0.29, 0.717) is 5.75 Å². The van der Waals surface area contributed by atoms with Crippen LogP contribution in [0.3, 0.4) is 0 Å². The highest BCUT2D eigenvalue weighted by Gasteiger charge is 2.37. The van der Waals surface area contributed by atoms with Crippen molar-refractivity contribution in [3.8, 4) is 5.75 Å². The summed E-state index contributed by atoms with van der Waals surface area (Å²) in [4.78, 5) is 18.8. The Morgan fingerprint density at radius 2 is 1.88 bits per heavy atom. The van der Waals surface area contributed by atoms with Gasteiger partial charge in [0.25, 0.3) is 0 Å². The zero-order valence-electron chi connectivity index (χ0n) is 13.2. The highest BCUT2D eigenvalue weighted by atomic mass is 32.2. The van der Waals surface area contributed by atoms with Gasteiger partial charge in [0.2, 0.25) is 5.91 Å². The molecule has 2 aliphatic heterocycles. The van der Waals surface area contributed by atoms with E-state index in [2.05, 4.69) is 6.08 Å². The van der Waals surface area contributed by atoms with Gasteiger partial charge in [-0.15, -0.1) is 0 Å². The molecule has 2 heterocycles. The fourth-order valence-electron chi connectivity index (χ4n) is 2.91. The van der Waals surface area contributed by atoms with Gasteiger partial charge in [-0.05, 0) is 35.9 Å². The summed E-state index contributed by atoms with van der Waals surface area (Å²) in [6, 6.07) is 17.8. The van der Waals surface area contributed by atoms with Crippen LogP contribution in [-0.4, -0.2) is 28.8 Å². The molecular weight excluding hydrogens is 320 g/mol. The van der Waals surface area contributed by atoms with E-state index in [9.17, 15) is 4.79 Å². The third kappa shape index (κ3) is 2.61. The molecule has 1 atom stereocenters. The number of amidine groups is 1. The fourth-order valence-corrected chi connectivity index (χ4v) is 3.82. The number of carbonyl (C=O) groups is 1. The molecule has 0 saturated carbocycles. The molecule has 1 fully saturated rings. The fraction of sp³-hybridized carbons (Fsp3) is 0.158. The zero-order valence-corrected chi connectivity index (χ0v) is 14.0. The van der Waals surface area contributed by atoms with Crippen LogP contribution in [0, 0.1) is 0 Å². The Morgan fingerprint density at radius 3 is 2.58 bits per heavy atom. The molecule has 4 nitrogen and oxygen atoms in total. The Hall–Kier alpha value is -2.53. The minimum absolute atomic E-state index is 0.109. The van der Waals surface area contributed by atoms with Crippen molar-refractivity contribution >= 4 is 28.5 Å². The monoisotopic (exact) mass is 336 g/mol. The maximum absolute atomic E-state index is 12.3. The van der Waals surface area contributed by atoms with Gasteiger partial charge in [0, 0.05) is 5.56 Å². The molecule has 2 aromatic rings. The molecular formula is C19H16N2O2S. The Balaban J connectivity index is 1.77. The predicted octanol–water partition coefficient (Wildman–Crippen LogP) is 3.72. The number of amides is 1. The molecule has 0 aromatic heterocycles. The van der Waals surface area contributed by atoms with Crippen LogP contribution < -0.4 is 4.74 Å². The topological polar surface area (TPSA) is 41.9 Å². The lowest BCUT2D eigenvalue weighted by atomic mass is 10.0. The smallest absolute Gasteiger partial charge is 0.239 e. The van der Waals surface area contributed by atoms with Crippen LogP contribution in [0.2, 0.25) is 0 Å². The van der Waals surface area contributed by atoms with E-state index in [1.165, 1.54) is 11.8 Å². The number of rotatable bonds is 3. The maximum atomic E-state index is 12.3. The van der Waals surface area contributed by atoms with Gasteiger partial charge in [-0.25, -0.2) is 4.99 Å². The second-order valence-electron chi connectivity index (χ2n) is 5.58. The van der Waals surface area contributed by atoms with Crippen LogP contribution in [0.25, 0.3) is 5.70 Å². The second-order valence-corrected chi connectivity index (χ2v) is 6.53. The maximum Gasteiger partial charge on any atom is 0.239 e. The largest absolute Gasteiger partial charge is 0.497 e. The van der Waals surface area contributed by atoms with E-state index in [0.717, 1.165) is 27.7 Å². The van der Waals surface area contributed by atoms with Crippen LogP contribution in [0.5, 0.6) is 5.75 Å². The Labute approximate surface area is 144 Å². The number of carbonyl (C=O) groups excluding carboxylic acids is 1. The van der Waals surface area contributed by atoms with Crippen molar-refractivity contribution in [2.45, 2.75) is 6.04 Å². The third-order valence-electron chi connectivity index (χ3n) is 4.14. The van der Waals surface area contributed by atoms with Crippen LogP contribution in [0.15, 0.2) is 65.7 Å². The molecule has 5 heteroatoms. The van der Waals surface area contributed by atoms with Crippen molar-refractivity contribution in [1.82, 2.24) is 4.90 Å². The number of thioether (sulfide) groups is 1. The summed E-state index contributed by atoms with van der Waals surface area (Å²) in [5.74, 6) is 1.37. The summed E-state index contributed by atoms with van der Waals surface area (Å²) >= 11 is 1.50. The molecule has 0 spiro atoms. The van der Waals surface area contributed by atoms with Gasteiger partial charge >= 0.3 is 0 Å². The second kappa shape index (κ2) is 6.17. The van der Waals surface area contributed by atoms with Gasteiger partial charge < -0.3 is 4.74 Å². The molecule has 2 aromatic carbocycles. The number of ether oxygens (including phenoxy) is 1. The molecule has 0 unspecified atom stereocenters. The molecule has 1 saturated heterocycles. The van der Waals surface area contributed by atoms with E-state index in [-0.39, 0.29) is 11.9 Å². The SMILES string of the molecule is COc1ccc(C2=C[C@@H](c3ccccc3)N3C(=O)CSC3=N2)cc1. The summed E-state index contributed by atoms with van der Waals surface area (Å²) < 4.78 is 5.22. The minimum atomic E-state index is -0.113. The van der Waals surface area contributed by atoms with Crippen molar-refractivity contribution in [2.24, 2.45) is 4.99 Å². The summed E-state index contributed by atoms with van der Waals surface area (Å²) in [6.45, 7) is 0. The number of aliphatic imine (C=N–C) groups is 1. The molecule has 120 valence electrons. The van der Waals surface area contributed by atoms with Gasteiger partial charge in [-0.2, -0.15) is 0 Å². The minimum Gasteiger partial charge on any atom is -0.497 e. The zero-order chi connectivity index (χ0) is 16.5. The normalized spacial score (nSPS) is 19.6. The van der Waals surface area contributed by atoms with E-state index in [1.54, 1.807) is 12.0 Å². The molecule has 1 amide bonds. The van der Waals surface area contributed by atoms with Gasteiger partial charge in [0.15, 0.2) is 5.17 Å². The van der Waals surface area contributed by atoms with E-state index in [4.69, 9.17) is 9.73 Å². The predicted molar refractivity (Wildman–Crippen MR) is 96.9 cm³/mol. The summed E-state index contributed by atoms with van der Waals surface area (Å²) in [7, 11) is 1.65. The number of hydrogen-bond acceptors (Lipinski definition) is 4. The third-order valence-corrected chi connectivity index (χ3v) is 5.07. The first-order valence-electron chi connectivity index (χ1n) is 7.71. The van der Waals surface area contributed by atoms with E-state index < -0.39 is 0 Å². The lowest BCUT2D eigenvalue weighted by molar-refractivity contribution is -0.125. The average molecular weight is 336 g/mol. The Kier molecular flexibility index (Phi) is 3.86. The van der Waals surface area contributed by atoms with Crippen molar-refractivity contribution in [1.29, 1.82) is 0 Å². The Bertz CT molecular complexity index is 828. The summed E-state index contributed by atoms with van der Waals surface area (Å²) in [6.07, 6.45) is 2.06. The van der Waals surface area contributed by atoms with Crippen LogP contribution in [-0.2, 0) is 4.79 Å². The van der Waals surface area contributed by atoms with Crippen molar-refractivity contribution in [3.05, 3.63) is 71.8 Å². The molecule has 0 radical (unpaired) electrons. The highest BCUT2D eigenvalue weighted by Crippen LogP contribution is 2.38. The van der Waals surface area contributed by atoms with Gasteiger partial charge in [-0.1, -0.05) is 42.1 Å². The summed E-state index contributed by atoms with van der Waals surface area (Å²) in [5.41, 5.74) is 3.00. The van der Waals surface area contributed by atoms with Crippen LogP contribution in [0.4, 0.5) is 0 Å². The average Bonchev–Trinajstić information content (AvgIpc) is 3.03. The lowest BCUT2D eigenvalue weighted by Crippen LogP contribution is -2.34. The quantitative estimate of drug-likeness (QED) is 0.858. The van der Waals surface area contributed by atoms with Gasteiger partial charge in [0.05, 0.1) is 24.6 Å². The number of fused-ring (bicyclic) bond motifs is 1. The summed E-state index contributed by atoms with van der Waals surface area (Å²) in [5, 5.41) is 0.780. The van der Waals surface area contributed by atoms with Crippen LogP contribution in [0.1, 0.15) is 17.2 Å². The molecule has 2 aliphatic rings. The highest BCUT2D eigenvalue weighted by molar-refractivity contribution is 8.15. The number of methoxy groups -OCH3 is 1. The van der Waals surface area contributed by atoms with E-state index in [1.807, 2.05) is 54.6 Å². The number of hydrogen-bond donors (Lipinski definition) is 0. The Morgan fingerprint density at radius 1 is 1.12 bits per heavy atom.